The monoisotopic (exact) mass is 259 g/mol. The summed E-state index contributed by atoms with van der Waals surface area (Å²) in [6, 6.07) is 14.0. The number of hydrogen-bond acceptors (Lipinski definition) is 3. The van der Waals surface area contributed by atoms with Crippen molar-refractivity contribution in [2.75, 3.05) is 11.9 Å². The minimum Gasteiger partial charge on any atom is -0.384 e. The summed E-state index contributed by atoms with van der Waals surface area (Å²) in [7, 11) is 0. The number of rotatable bonds is 1. The van der Waals surface area contributed by atoms with Gasteiger partial charge in [0.1, 0.15) is 11.8 Å². The number of nitrogens with one attached hydrogen (secondary N) is 1. The second-order valence-corrected chi connectivity index (χ2v) is 4.83. The molecule has 0 radical (unpaired) electrons. The maximum Gasteiger partial charge on any atom is 0.130 e. The number of hydrogen-bond donors (Lipinski definition) is 1. The van der Waals surface area contributed by atoms with Crippen molar-refractivity contribution in [3.05, 3.63) is 58.9 Å². The van der Waals surface area contributed by atoms with E-state index >= 15 is 0 Å². The predicted molar refractivity (Wildman–Crippen MR) is 78.3 cm³/mol. The second kappa shape index (κ2) is 5.07. The number of anilines is 1. The average Bonchev–Trinajstić information content (AvgIpc) is 2.53. The summed E-state index contributed by atoms with van der Waals surface area (Å²) in [5.41, 5.74) is 4.31. The van der Waals surface area contributed by atoms with Gasteiger partial charge in [-0.2, -0.15) is 5.26 Å². The Balaban J connectivity index is 1.93. The van der Waals surface area contributed by atoms with Crippen LogP contribution in [0.3, 0.4) is 0 Å². The third-order valence-electron chi connectivity index (χ3n) is 3.61. The number of nitriles is 1. The van der Waals surface area contributed by atoms with Gasteiger partial charge in [-0.25, -0.2) is 4.98 Å². The molecule has 0 saturated carbocycles. The van der Waals surface area contributed by atoms with Crippen molar-refractivity contribution in [1.82, 2.24) is 4.98 Å². The molecule has 0 fully saturated rings. The first-order valence-electron chi connectivity index (χ1n) is 6.51. The maximum atomic E-state index is 8.98. The molecule has 1 N–H and O–H groups in total. The third kappa shape index (κ3) is 2.11. The summed E-state index contributed by atoms with van der Waals surface area (Å²) >= 11 is 0. The van der Waals surface area contributed by atoms with Gasteiger partial charge in [0.15, 0.2) is 0 Å². The quantitative estimate of drug-likeness (QED) is 0.801. The first kappa shape index (κ1) is 12.3. The van der Waals surface area contributed by atoms with E-state index < -0.39 is 0 Å². The van der Waals surface area contributed by atoms with Crippen LogP contribution in [0.5, 0.6) is 0 Å². The van der Waals surface area contributed by atoms with Gasteiger partial charge in [0.25, 0.3) is 0 Å². The number of para-hydroxylation sites is 1. The van der Waals surface area contributed by atoms with Crippen LogP contribution >= 0.6 is 0 Å². The Morgan fingerprint density at radius 3 is 2.90 bits per heavy atom. The molecule has 0 aliphatic carbocycles. The van der Waals surface area contributed by atoms with Crippen LogP contribution in [0, 0.1) is 23.7 Å². The van der Waals surface area contributed by atoms with E-state index in [2.05, 4.69) is 34.4 Å². The molecular weight excluding hydrogens is 246 g/mol. The van der Waals surface area contributed by atoms with Crippen LogP contribution in [0.2, 0.25) is 0 Å². The number of nitrogens with zero attached hydrogens (tertiary/aromatic N) is 2. The lowest BCUT2D eigenvalue weighted by molar-refractivity contribution is 0.672. The summed E-state index contributed by atoms with van der Waals surface area (Å²) < 4.78 is 0. The number of fused-ring (bicyclic) bond motifs is 1. The predicted octanol–water partition coefficient (Wildman–Crippen LogP) is 2.69. The lowest BCUT2D eigenvalue weighted by Crippen LogP contribution is -2.22. The van der Waals surface area contributed by atoms with Gasteiger partial charge in [0.05, 0.1) is 5.56 Å². The number of aromatic nitrogens is 1. The van der Waals surface area contributed by atoms with Crippen molar-refractivity contribution >= 4 is 5.69 Å². The molecule has 3 rings (SSSR count). The van der Waals surface area contributed by atoms with Crippen LogP contribution in [-0.2, 0) is 6.42 Å². The molecule has 1 aromatic carbocycles. The van der Waals surface area contributed by atoms with Crippen molar-refractivity contribution < 1.29 is 0 Å². The molecule has 2 aromatic rings. The summed E-state index contributed by atoms with van der Waals surface area (Å²) in [6.45, 7) is 0.833. The molecule has 0 amide bonds. The van der Waals surface area contributed by atoms with E-state index in [0.29, 0.717) is 11.3 Å². The Kier molecular flexibility index (Phi) is 3.11. The Morgan fingerprint density at radius 1 is 1.25 bits per heavy atom. The lowest BCUT2D eigenvalue weighted by Gasteiger charge is -2.25. The molecule has 96 valence electrons. The van der Waals surface area contributed by atoms with Gasteiger partial charge in [-0.1, -0.05) is 18.2 Å². The fraction of sp³-hybridized carbons (Fsp3) is 0.176. The SMILES string of the molecule is C#Cc1nc(C2CNc3ccccc3C2)ccc1C#N. The largest absolute Gasteiger partial charge is 0.384 e. The number of pyridine rings is 1. The van der Waals surface area contributed by atoms with Crippen LogP contribution in [-0.4, -0.2) is 11.5 Å². The molecule has 1 aliphatic heterocycles. The Bertz CT molecular complexity index is 735. The molecule has 0 saturated heterocycles. The fourth-order valence-electron chi connectivity index (χ4n) is 2.55. The molecule has 3 nitrogen and oxygen atoms in total. The minimum absolute atomic E-state index is 0.282. The van der Waals surface area contributed by atoms with Crippen LogP contribution in [0.15, 0.2) is 36.4 Å². The highest BCUT2D eigenvalue weighted by molar-refractivity contribution is 5.54. The zero-order valence-electron chi connectivity index (χ0n) is 10.9. The van der Waals surface area contributed by atoms with E-state index in [-0.39, 0.29) is 5.92 Å². The summed E-state index contributed by atoms with van der Waals surface area (Å²) in [4.78, 5) is 4.46. The Morgan fingerprint density at radius 2 is 2.10 bits per heavy atom. The molecule has 1 aromatic heterocycles. The zero-order valence-corrected chi connectivity index (χ0v) is 10.9. The molecule has 3 heteroatoms. The standard InChI is InChI=1S/C17H13N3/c1-2-15-13(10-18)7-8-17(20-15)14-9-12-5-3-4-6-16(12)19-11-14/h1,3-8,14,19H,9,11H2. The molecule has 1 atom stereocenters. The Labute approximate surface area is 118 Å². The van der Waals surface area contributed by atoms with Crippen molar-refractivity contribution in [3.8, 4) is 18.4 Å². The van der Waals surface area contributed by atoms with Gasteiger partial charge < -0.3 is 5.32 Å². The van der Waals surface area contributed by atoms with E-state index in [1.165, 1.54) is 11.3 Å². The van der Waals surface area contributed by atoms with Crippen LogP contribution in [0.25, 0.3) is 0 Å². The molecule has 20 heavy (non-hydrogen) atoms. The van der Waals surface area contributed by atoms with E-state index in [4.69, 9.17) is 11.7 Å². The van der Waals surface area contributed by atoms with Crippen LogP contribution in [0.1, 0.15) is 28.4 Å². The van der Waals surface area contributed by atoms with Crippen molar-refractivity contribution in [2.45, 2.75) is 12.3 Å². The number of benzene rings is 1. The minimum atomic E-state index is 0.282. The van der Waals surface area contributed by atoms with Gasteiger partial charge in [0, 0.05) is 23.8 Å². The average molecular weight is 259 g/mol. The lowest BCUT2D eigenvalue weighted by atomic mass is 9.91. The van der Waals surface area contributed by atoms with Gasteiger partial charge >= 0.3 is 0 Å². The molecule has 2 heterocycles. The maximum absolute atomic E-state index is 8.98. The summed E-state index contributed by atoms with van der Waals surface area (Å²) in [5.74, 6) is 2.77. The molecular formula is C17H13N3. The van der Waals surface area contributed by atoms with Gasteiger partial charge in [0.2, 0.25) is 0 Å². The van der Waals surface area contributed by atoms with Crippen molar-refractivity contribution in [2.24, 2.45) is 0 Å². The normalized spacial score (nSPS) is 16.4. The summed E-state index contributed by atoms with van der Waals surface area (Å²) in [6.07, 6.45) is 6.36. The van der Waals surface area contributed by atoms with Crippen molar-refractivity contribution in [3.63, 3.8) is 0 Å². The second-order valence-electron chi connectivity index (χ2n) is 4.83. The van der Waals surface area contributed by atoms with E-state index in [0.717, 1.165) is 18.7 Å². The highest BCUT2D eigenvalue weighted by atomic mass is 14.9. The molecule has 1 unspecified atom stereocenters. The Hall–Kier alpha value is -2.78. The number of terminal acetylenes is 1. The van der Waals surface area contributed by atoms with Gasteiger partial charge in [-0.3, -0.25) is 0 Å². The van der Waals surface area contributed by atoms with Gasteiger partial charge in [-0.15, -0.1) is 6.42 Å². The third-order valence-corrected chi connectivity index (χ3v) is 3.61. The van der Waals surface area contributed by atoms with E-state index in [9.17, 15) is 0 Å². The van der Waals surface area contributed by atoms with Crippen LogP contribution in [0.4, 0.5) is 5.69 Å². The van der Waals surface area contributed by atoms with E-state index in [1.54, 1.807) is 6.07 Å². The zero-order chi connectivity index (χ0) is 13.9. The van der Waals surface area contributed by atoms with Gasteiger partial charge in [-0.05, 0) is 36.1 Å². The molecule has 0 bridgehead atoms. The van der Waals surface area contributed by atoms with Crippen molar-refractivity contribution in [1.29, 1.82) is 5.26 Å². The highest BCUT2D eigenvalue weighted by Crippen LogP contribution is 2.29. The topological polar surface area (TPSA) is 48.7 Å². The fourth-order valence-corrected chi connectivity index (χ4v) is 2.55. The highest BCUT2D eigenvalue weighted by Gasteiger charge is 2.21. The summed E-state index contributed by atoms with van der Waals surface area (Å²) in [5, 5.41) is 12.4. The first-order valence-corrected chi connectivity index (χ1v) is 6.51. The molecule has 1 aliphatic rings. The first-order chi connectivity index (χ1) is 9.81. The smallest absolute Gasteiger partial charge is 0.130 e. The van der Waals surface area contributed by atoms with E-state index in [1.807, 2.05) is 18.2 Å². The van der Waals surface area contributed by atoms with Crippen LogP contribution < -0.4 is 5.32 Å². The molecule has 0 spiro atoms.